The molecule has 0 saturated carbocycles. The van der Waals surface area contributed by atoms with Gasteiger partial charge in [0.2, 0.25) is 11.8 Å². The maximum absolute atomic E-state index is 13.1. The number of carbonyl (C=O) groups is 2. The smallest absolute Gasteiger partial charge is 0.226 e. The van der Waals surface area contributed by atoms with Crippen LogP contribution in [0.5, 0.6) is 0 Å². The Kier molecular flexibility index (Phi) is 5.29. The van der Waals surface area contributed by atoms with E-state index in [9.17, 15) is 9.59 Å². The zero-order valence-corrected chi connectivity index (χ0v) is 17.3. The predicted molar refractivity (Wildman–Crippen MR) is 108 cm³/mol. The van der Waals surface area contributed by atoms with Crippen molar-refractivity contribution in [1.29, 1.82) is 0 Å². The standard InChI is InChI=1S/C20H29N7O2/c1-4-27-17(28)12-15(18(27)19-21-7-10-25(19)3)20(29)22-14-5-8-26(9-6-14)16-11-13(2)23-24-16/h7,10-11,14-15,18H,4-6,8-9,12H2,1-3H3,(H,22,29)(H,23,24)/t15-,18-/m0/s1. The minimum atomic E-state index is -0.407. The molecule has 0 spiro atoms. The summed E-state index contributed by atoms with van der Waals surface area (Å²) in [6.45, 7) is 6.21. The molecule has 2 aromatic heterocycles. The van der Waals surface area contributed by atoms with E-state index in [0.29, 0.717) is 6.54 Å². The number of imidazole rings is 1. The summed E-state index contributed by atoms with van der Waals surface area (Å²) in [5.74, 6) is 1.29. The fraction of sp³-hybridized carbons (Fsp3) is 0.600. The molecule has 156 valence electrons. The molecule has 2 N–H and O–H groups in total. The van der Waals surface area contributed by atoms with Crippen molar-refractivity contribution in [1.82, 2.24) is 30.0 Å². The molecular formula is C20H29N7O2. The lowest BCUT2D eigenvalue weighted by atomic mass is 9.96. The number of piperidine rings is 1. The first kappa shape index (κ1) is 19.5. The van der Waals surface area contributed by atoms with E-state index < -0.39 is 5.92 Å². The number of hydrogen-bond acceptors (Lipinski definition) is 5. The van der Waals surface area contributed by atoms with Gasteiger partial charge in [-0.15, -0.1) is 0 Å². The molecule has 0 aromatic carbocycles. The van der Waals surface area contributed by atoms with Crippen LogP contribution in [0.3, 0.4) is 0 Å². The van der Waals surface area contributed by atoms with Crippen molar-refractivity contribution in [3.8, 4) is 0 Å². The molecule has 2 saturated heterocycles. The van der Waals surface area contributed by atoms with Gasteiger partial charge in [-0.1, -0.05) is 0 Å². The van der Waals surface area contributed by atoms with Crippen LogP contribution in [0.25, 0.3) is 0 Å². The van der Waals surface area contributed by atoms with Crippen LogP contribution in [0.15, 0.2) is 18.5 Å². The number of H-pyrrole nitrogens is 1. The molecular weight excluding hydrogens is 370 g/mol. The minimum Gasteiger partial charge on any atom is -0.355 e. The Morgan fingerprint density at radius 1 is 1.34 bits per heavy atom. The van der Waals surface area contributed by atoms with Gasteiger partial charge >= 0.3 is 0 Å². The third kappa shape index (κ3) is 3.73. The van der Waals surface area contributed by atoms with Crippen molar-refractivity contribution in [2.45, 2.75) is 45.2 Å². The molecule has 9 heteroatoms. The third-order valence-electron chi connectivity index (χ3n) is 6.09. The number of anilines is 1. The molecule has 2 aliphatic heterocycles. The first-order valence-corrected chi connectivity index (χ1v) is 10.3. The third-order valence-corrected chi connectivity index (χ3v) is 6.09. The van der Waals surface area contributed by atoms with E-state index in [-0.39, 0.29) is 30.3 Å². The molecule has 0 bridgehead atoms. The highest BCUT2D eigenvalue weighted by Gasteiger charge is 2.46. The highest BCUT2D eigenvalue weighted by Crippen LogP contribution is 2.37. The van der Waals surface area contributed by atoms with E-state index in [0.717, 1.165) is 43.3 Å². The molecule has 9 nitrogen and oxygen atoms in total. The second-order valence-electron chi connectivity index (χ2n) is 8.01. The van der Waals surface area contributed by atoms with Crippen molar-refractivity contribution >= 4 is 17.6 Å². The summed E-state index contributed by atoms with van der Waals surface area (Å²) in [7, 11) is 1.90. The summed E-state index contributed by atoms with van der Waals surface area (Å²) in [6, 6.07) is 1.85. The zero-order chi connectivity index (χ0) is 20.5. The van der Waals surface area contributed by atoms with Crippen LogP contribution in [-0.4, -0.2) is 62.1 Å². The molecule has 0 unspecified atom stereocenters. The topological polar surface area (TPSA) is 99.2 Å². The largest absolute Gasteiger partial charge is 0.355 e. The number of aryl methyl sites for hydroxylation is 2. The van der Waals surface area contributed by atoms with E-state index in [1.165, 1.54) is 0 Å². The van der Waals surface area contributed by atoms with Gasteiger partial charge in [-0.25, -0.2) is 4.98 Å². The second kappa shape index (κ2) is 7.88. The number of carbonyl (C=O) groups excluding carboxylic acids is 2. The highest BCUT2D eigenvalue weighted by molar-refractivity contribution is 5.90. The molecule has 2 aliphatic rings. The van der Waals surface area contributed by atoms with Gasteiger partial charge in [-0.2, -0.15) is 5.10 Å². The zero-order valence-electron chi connectivity index (χ0n) is 17.3. The molecule has 0 aliphatic carbocycles. The maximum atomic E-state index is 13.1. The van der Waals surface area contributed by atoms with Gasteiger partial charge in [0, 0.05) is 63.3 Å². The van der Waals surface area contributed by atoms with Gasteiger partial charge in [0.25, 0.3) is 0 Å². The van der Waals surface area contributed by atoms with Crippen LogP contribution in [-0.2, 0) is 16.6 Å². The van der Waals surface area contributed by atoms with Crippen molar-refractivity contribution in [3.05, 3.63) is 30.0 Å². The Bertz CT molecular complexity index is 881. The molecule has 4 heterocycles. The molecule has 4 rings (SSSR count). The molecule has 0 radical (unpaired) electrons. The Morgan fingerprint density at radius 2 is 2.10 bits per heavy atom. The number of aromatic nitrogens is 4. The number of nitrogens with one attached hydrogen (secondary N) is 2. The molecule has 2 atom stereocenters. The van der Waals surface area contributed by atoms with Crippen molar-refractivity contribution < 1.29 is 9.59 Å². The van der Waals surface area contributed by atoms with E-state index in [1.807, 2.05) is 37.7 Å². The summed E-state index contributed by atoms with van der Waals surface area (Å²) in [6.07, 6.45) is 5.54. The normalized spacial score (nSPS) is 23.1. The fourth-order valence-corrected chi connectivity index (χ4v) is 4.51. The van der Waals surface area contributed by atoms with Crippen LogP contribution in [0.1, 0.15) is 43.7 Å². The van der Waals surface area contributed by atoms with E-state index in [2.05, 4.69) is 25.4 Å². The Morgan fingerprint density at radius 3 is 2.69 bits per heavy atom. The second-order valence-corrected chi connectivity index (χ2v) is 8.01. The SMILES string of the molecule is CCN1C(=O)C[C@H](C(=O)NC2CCN(c3cc(C)[nH]n3)CC2)[C@H]1c1nccn1C. The first-order chi connectivity index (χ1) is 14.0. The number of hydrogen-bond donors (Lipinski definition) is 2. The fourth-order valence-electron chi connectivity index (χ4n) is 4.51. The summed E-state index contributed by atoms with van der Waals surface area (Å²) in [5, 5.41) is 10.5. The summed E-state index contributed by atoms with van der Waals surface area (Å²) < 4.78 is 1.90. The van der Waals surface area contributed by atoms with E-state index in [4.69, 9.17) is 0 Å². The van der Waals surface area contributed by atoms with Gasteiger partial charge in [-0.05, 0) is 26.7 Å². The first-order valence-electron chi connectivity index (χ1n) is 10.3. The summed E-state index contributed by atoms with van der Waals surface area (Å²) >= 11 is 0. The van der Waals surface area contributed by atoms with Gasteiger partial charge in [0.05, 0.1) is 5.92 Å². The van der Waals surface area contributed by atoms with Crippen molar-refractivity contribution in [3.63, 3.8) is 0 Å². The van der Waals surface area contributed by atoms with Gasteiger partial charge in [-0.3, -0.25) is 14.7 Å². The summed E-state index contributed by atoms with van der Waals surface area (Å²) in [4.78, 5) is 34.1. The number of likely N-dealkylation sites (tertiary alicyclic amines) is 1. The summed E-state index contributed by atoms with van der Waals surface area (Å²) in [5.41, 5.74) is 1.04. The Balaban J connectivity index is 1.41. The Labute approximate surface area is 170 Å². The quantitative estimate of drug-likeness (QED) is 0.786. The maximum Gasteiger partial charge on any atom is 0.226 e. The van der Waals surface area contributed by atoms with Gasteiger partial charge < -0.3 is 19.7 Å². The number of rotatable bonds is 5. The minimum absolute atomic E-state index is 0.0179. The van der Waals surface area contributed by atoms with Crippen LogP contribution >= 0.6 is 0 Å². The molecule has 29 heavy (non-hydrogen) atoms. The number of aromatic amines is 1. The van der Waals surface area contributed by atoms with E-state index in [1.54, 1.807) is 11.1 Å². The lowest BCUT2D eigenvalue weighted by Crippen LogP contribution is -2.47. The monoisotopic (exact) mass is 399 g/mol. The highest BCUT2D eigenvalue weighted by atomic mass is 16.2. The van der Waals surface area contributed by atoms with Crippen LogP contribution in [0.2, 0.25) is 0 Å². The average Bonchev–Trinajstić information content (AvgIpc) is 3.40. The molecule has 2 amide bonds. The van der Waals surface area contributed by atoms with Gasteiger partial charge in [0.1, 0.15) is 11.9 Å². The molecule has 2 aromatic rings. The van der Waals surface area contributed by atoms with Crippen molar-refractivity contribution in [2.75, 3.05) is 24.5 Å². The number of amides is 2. The molecule has 2 fully saturated rings. The van der Waals surface area contributed by atoms with Crippen LogP contribution < -0.4 is 10.2 Å². The average molecular weight is 399 g/mol. The number of nitrogens with zero attached hydrogens (tertiary/aromatic N) is 5. The predicted octanol–water partition coefficient (Wildman–Crippen LogP) is 1.15. The Hall–Kier alpha value is -2.84. The lowest BCUT2D eigenvalue weighted by Gasteiger charge is -2.33. The van der Waals surface area contributed by atoms with Crippen LogP contribution in [0, 0.1) is 12.8 Å². The van der Waals surface area contributed by atoms with Crippen molar-refractivity contribution in [2.24, 2.45) is 13.0 Å². The van der Waals surface area contributed by atoms with Gasteiger partial charge in [0.15, 0.2) is 5.82 Å². The van der Waals surface area contributed by atoms with E-state index >= 15 is 0 Å². The lowest BCUT2D eigenvalue weighted by molar-refractivity contribution is -0.129. The van der Waals surface area contributed by atoms with Crippen LogP contribution in [0.4, 0.5) is 5.82 Å².